The highest BCUT2D eigenvalue weighted by Crippen LogP contribution is 2.44. The van der Waals surface area contributed by atoms with E-state index in [2.05, 4.69) is 41.0 Å². The number of benzene rings is 1. The summed E-state index contributed by atoms with van der Waals surface area (Å²) < 4.78 is 0.203. The Bertz CT molecular complexity index is 459. The minimum Gasteiger partial charge on any atom is -0.354 e. The van der Waals surface area contributed by atoms with Gasteiger partial charge in [-0.2, -0.15) is 0 Å². The Morgan fingerprint density at radius 3 is 2.48 bits per heavy atom. The zero-order valence-corrected chi connectivity index (χ0v) is 13.8. The molecule has 1 heterocycles. The second-order valence-corrected chi connectivity index (χ2v) is 7.42. The van der Waals surface area contributed by atoms with E-state index in [1.165, 1.54) is 30.6 Å². The standard InChI is InChI=1S/C16H22N2OS.ClH/c19-15(13-10-17-11-13)18-12-16(8-4-5-9-16)20-14-6-2-1-3-7-14;/h1-3,6-7,13,17H,4-5,8-12H2,(H,18,19);1H. The molecule has 1 aromatic carbocycles. The number of rotatable bonds is 5. The zero-order chi connectivity index (χ0) is 13.8. The number of carbonyl (C=O) groups excluding carboxylic acids is 1. The summed E-state index contributed by atoms with van der Waals surface area (Å²) in [6, 6.07) is 10.6. The van der Waals surface area contributed by atoms with Crippen LogP contribution in [0.25, 0.3) is 0 Å². The SMILES string of the molecule is Cl.O=C(NCC1(Sc2ccccc2)CCCC1)C1CNC1. The highest BCUT2D eigenvalue weighted by Gasteiger charge is 2.36. The van der Waals surface area contributed by atoms with E-state index in [-0.39, 0.29) is 29.0 Å². The molecule has 0 atom stereocenters. The maximum absolute atomic E-state index is 12.0. The first-order valence-electron chi connectivity index (χ1n) is 7.50. The molecule has 21 heavy (non-hydrogen) atoms. The first kappa shape index (κ1) is 16.7. The van der Waals surface area contributed by atoms with Crippen LogP contribution < -0.4 is 10.6 Å². The van der Waals surface area contributed by atoms with Crippen LogP contribution in [0.2, 0.25) is 0 Å². The van der Waals surface area contributed by atoms with Crippen molar-refractivity contribution in [3.63, 3.8) is 0 Å². The molecule has 0 bridgehead atoms. The molecule has 3 rings (SSSR count). The number of hydrogen-bond acceptors (Lipinski definition) is 3. The van der Waals surface area contributed by atoms with Gasteiger partial charge in [-0.15, -0.1) is 24.2 Å². The van der Waals surface area contributed by atoms with Gasteiger partial charge in [-0.05, 0) is 25.0 Å². The molecule has 1 aliphatic carbocycles. The average Bonchev–Trinajstić information content (AvgIpc) is 2.85. The van der Waals surface area contributed by atoms with E-state index in [0.717, 1.165) is 19.6 Å². The molecule has 5 heteroatoms. The lowest BCUT2D eigenvalue weighted by molar-refractivity contribution is -0.126. The predicted octanol–water partition coefficient (Wildman–Crippen LogP) is 2.85. The van der Waals surface area contributed by atoms with Crippen molar-refractivity contribution in [2.45, 2.75) is 35.3 Å². The molecule has 0 spiro atoms. The Kier molecular flexibility index (Phi) is 5.97. The number of nitrogens with one attached hydrogen (secondary N) is 2. The Hall–Kier alpha value is -0.710. The molecule has 0 unspecified atom stereocenters. The molecule has 2 fully saturated rings. The molecule has 1 saturated heterocycles. The van der Waals surface area contributed by atoms with Gasteiger partial charge in [0, 0.05) is 29.3 Å². The fraction of sp³-hybridized carbons (Fsp3) is 0.562. The smallest absolute Gasteiger partial charge is 0.225 e. The minimum absolute atomic E-state index is 0. The van der Waals surface area contributed by atoms with E-state index < -0.39 is 0 Å². The number of halogens is 1. The third-order valence-corrected chi connectivity index (χ3v) is 5.82. The highest BCUT2D eigenvalue weighted by atomic mass is 35.5. The fourth-order valence-electron chi connectivity index (χ4n) is 2.94. The van der Waals surface area contributed by atoms with Crippen LogP contribution in [0.5, 0.6) is 0 Å². The van der Waals surface area contributed by atoms with Gasteiger partial charge in [0.25, 0.3) is 0 Å². The third-order valence-electron chi connectivity index (χ3n) is 4.33. The van der Waals surface area contributed by atoms with Crippen molar-refractivity contribution in [2.24, 2.45) is 5.92 Å². The van der Waals surface area contributed by atoms with Gasteiger partial charge in [-0.1, -0.05) is 31.0 Å². The number of carbonyl (C=O) groups is 1. The van der Waals surface area contributed by atoms with Gasteiger partial charge < -0.3 is 10.6 Å². The summed E-state index contributed by atoms with van der Waals surface area (Å²) in [4.78, 5) is 13.3. The van der Waals surface area contributed by atoms with Crippen molar-refractivity contribution >= 4 is 30.1 Å². The van der Waals surface area contributed by atoms with Gasteiger partial charge in [0.2, 0.25) is 5.91 Å². The summed E-state index contributed by atoms with van der Waals surface area (Å²) in [6.45, 7) is 2.48. The maximum atomic E-state index is 12.0. The van der Waals surface area contributed by atoms with Gasteiger partial charge in [0.1, 0.15) is 0 Å². The van der Waals surface area contributed by atoms with Crippen molar-refractivity contribution in [2.75, 3.05) is 19.6 Å². The monoisotopic (exact) mass is 326 g/mol. The van der Waals surface area contributed by atoms with E-state index in [1.807, 2.05) is 11.8 Å². The molecule has 2 N–H and O–H groups in total. The lowest BCUT2D eigenvalue weighted by Gasteiger charge is -2.31. The molecule has 1 aromatic rings. The Labute approximate surface area is 137 Å². The van der Waals surface area contributed by atoms with Crippen LogP contribution in [0.15, 0.2) is 35.2 Å². The molecule has 0 radical (unpaired) electrons. The summed E-state index contributed by atoms with van der Waals surface area (Å²) in [7, 11) is 0. The van der Waals surface area contributed by atoms with Crippen molar-refractivity contribution in [1.82, 2.24) is 10.6 Å². The van der Waals surface area contributed by atoms with Crippen LogP contribution in [0.1, 0.15) is 25.7 Å². The molecular weight excluding hydrogens is 304 g/mol. The van der Waals surface area contributed by atoms with Gasteiger partial charge in [0.15, 0.2) is 0 Å². The molecule has 1 aliphatic heterocycles. The Morgan fingerprint density at radius 2 is 1.90 bits per heavy atom. The lowest BCUT2D eigenvalue weighted by atomic mass is 10.0. The van der Waals surface area contributed by atoms with Crippen molar-refractivity contribution in [1.29, 1.82) is 0 Å². The average molecular weight is 327 g/mol. The summed E-state index contributed by atoms with van der Waals surface area (Å²) in [5.74, 6) is 0.416. The van der Waals surface area contributed by atoms with Crippen LogP contribution in [0, 0.1) is 5.92 Å². The maximum Gasteiger partial charge on any atom is 0.225 e. The molecule has 1 saturated carbocycles. The number of amides is 1. The van der Waals surface area contributed by atoms with Gasteiger partial charge in [0.05, 0.1) is 5.92 Å². The topological polar surface area (TPSA) is 41.1 Å². The van der Waals surface area contributed by atoms with Crippen LogP contribution in [0.4, 0.5) is 0 Å². The van der Waals surface area contributed by atoms with Crippen LogP contribution >= 0.6 is 24.2 Å². The van der Waals surface area contributed by atoms with E-state index >= 15 is 0 Å². The van der Waals surface area contributed by atoms with Crippen LogP contribution in [0.3, 0.4) is 0 Å². The number of hydrogen-bond donors (Lipinski definition) is 2. The summed E-state index contributed by atoms with van der Waals surface area (Å²) in [6.07, 6.45) is 4.97. The summed E-state index contributed by atoms with van der Waals surface area (Å²) in [5.41, 5.74) is 0. The van der Waals surface area contributed by atoms with Gasteiger partial charge in [-0.25, -0.2) is 0 Å². The van der Waals surface area contributed by atoms with Crippen molar-refractivity contribution in [3.05, 3.63) is 30.3 Å². The minimum atomic E-state index is 0. The van der Waals surface area contributed by atoms with Crippen LogP contribution in [-0.4, -0.2) is 30.3 Å². The fourth-order valence-corrected chi connectivity index (χ4v) is 4.37. The quantitative estimate of drug-likeness (QED) is 0.874. The van der Waals surface area contributed by atoms with Gasteiger partial charge in [-0.3, -0.25) is 4.79 Å². The molecule has 116 valence electrons. The third kappa shape index (κ3) is 4.15. The summed E-state index contributed by atoms with van der Waals surface area (Å²) in [5, 5.41) is 6.34. The van der Waals surface area contributed by atoms with E-state index in [0.29, 0.717) is 0 Å². The first-order chi connectivity index (χ1) is 9.77. The normalized spacial score (nSPS) is 20.4. The molecular formula is C16H23ClN2OS. The second-order valence-electron chi connectivity index (χ2n) is 5.88. The van der Waals surface area contributed by atoms with Crippen molar-refractivity contribution in [3.8, 4) is 0 Å². The number of thioether (sulfide) groups is 1. The van der Waals surface area contributed by atoms with Gasteiger partial charge >= 0.3 is 0 Å². The molecule has 0 aromatic heterocycles. The lowest BCUT2D eigenvalue weighted by Crippen LogP contribution is -2.52. The molecule has 1 amide bonds. The Balaban J connectivity index is 0.00000161. The molecule has 2 aliphatic rings. The largest absolute Gasteiger partial charge is 0.354 e. The summed E-state index contributed by atoms with van der Waals surface area (Å²) >= 11 is 1.95. The van der Waals surface area contributed by atoms with E-state index in [9.17, 15) is 4.79 Å². The van der Waals surface area contributed by atoms with E-state index in [4.69, 9.17) is 0 Å². The second kappa shape index (κ2) is 7.52. The molecule has 3 nitrogen and oxygen atoms in total. The Morgan fingerprint density at radius 1 is 1.24 bits per heavy atom. The highest BCUT2D eigenvalue weighted by molar-refractivity contribution is 8.00. The van der Waals surface area contributed by atoms with Crippen molar-refractivity contribution < 1.29 is 4.79 Å². The van der Waals surface area contributed by atoms with E-state index in [1.54, 1.807) is 0 Å². The zero-order valence-electron chi connectivity index (χ0n) is 12.1. The van der Waals surface area contributed by atoms with Crippen LogP contribution in [-0.2, 0) is 4.79 Å². The predicted molar refractivity (Wildman–Crippen MR) is 90.1 cm³/mol. The first-order valence-corrected chi connectivity index (χ1v) is 8.32.